The van der Waals surface area contributed by atoms with Crippen LogP contribution in [0.4, 0.5) is 4.39 Å². The highest BCUT2D eigenvalue weighted by Gasteiger charge is 2.28. The van der Waals surface area contributed by atoms with E-state index in [-0.39, 0.29) is 24.4 Å². The summed E-state index contributed by atoms with van der Waals surface area (Å²) in [6.07, 6.45) is 3.25. The summed E-state index contributed by atoms with van der Waals surface area (Å²) in [5.74, 6) is -0.127. The first kappa shape index (κ1) is 21.1. The number of halogens is 1. The van der Waals surface area contributed by atoms with Gasteiger partial charge in [-0.3, -0.25) is 4.79 Å². The fourth-order valence-electron chi connectivity index (χ4n) is 4.20. The lowest BCUT2D eigenvalue weighted by molar-refractivity contribution is -0.125. The van der Waals surface area contributed by atoms with Gasteiger partial charge in [0.1, 0.15) is 5.82 Å². The molecule has 1 fully saturated rings. The minimum Gasteiger partial charge on any atom is -0.452 e. The first-order chi connectivity index (χ1) is 13.8. The Morgan fingerprint density at radius 3 is 2.55 bits per heavy atom. The molecule has 5 nitrogen and oxygen atoms in total. The number of nitrogens with one attached hydrogen (secondary N) is 1. The van der Waals surface area contributed by atoms with Gasteiger partial charge in [0, 0.05) is 23.1 Å². The maximum absolute atomic E-state index is 13.2. The SMILES string of the molecule is Cc1cc(C(=O)OCC(=O)N[C@@H]2CCC[C@@H](C)[C@@H]2C)c(C)n1-c1ccc(F)cc1. The number of hydrogen-bond donors (Lipinski definition) is 1. The van der Waals surface area contributed by atoms with E-state index in [1.807, 2.05) is 11.5 Å². The fraction of sp³-hybridized carbons (Fsp3) is 0.478. The molecule has 1 saturated carbocycles. The van der Waals surface area contributed by atoms with Gasteiger partial charge >= 0.3 is 5.97 Å². The zero-order chi connectivity index (χ0) is 21.1. The number of carbonyl (C=O) groups excluding carboxylic acids is 2. The highest BCUT2D eigenvalue weighted by Crippen LogP contribution is 2.29. The fourth-order valence-corrected chi connectivity index (χ4v) is 4.20. The lowest BCUT2D eigenvalue weighted by Crippen LogP contribution is -2.45. The molecule has 3 rings (SSSR count). The maximum atomic E-state index is 13.2. The van der Waals surface area contributed by atoms with Crippen molar-refractivity contribution in [3.8, 4) is 5.69 Å². The molecule has 0 unspecified atom stereocenters. The van der Waals surface area contributed by atoms with Crippen LogP contribution in [0, 0.1) is 31.5 Å². The number of ether oxygens (including phenoxy) is 1. The monoisotopic (exact) mass is 400 g/mol. The Labute approximate surface area is 171 Å². The van der Waals surface area contributed by atoms with Crippen molar-refractivity contribution in [2.24, 2.45) is 11.8 Å². The van der Waals surface area contributed by atoms with E-state index in [4.69, 9.17) is 4.74 Å². The van der Waals surface area contributed by atoms with Gasteiger partial charge in [0.25, 0.3) is 5.91 Å². The number of esters is 1. The van der Waals surface area contributed by atoms with Crippen LogP contribution in [0.2, 0.25) is 0 Å². The number of carbonyl (C=O) groups is 2. The third kappa shape index (κ3) is 4.69. The number of rotatable bonds is 5. The predicted octanol–water partition coefficient (Wildman–Crippen LogP) is 4.33. The zero-order valence-electron chi connectivity index (χ0n) is 17.5. The molecule has 2 aromatic rings. The number of aryl methyl sites for hydroxylation is 1. The highest BCUT2D eigenvalue weighted by atomic mass is 19.1. The largest absolute Gasteiger partial charge is 0.452 e. The van der Waals surface area contributed by atoms with Crippen LogP contribution in [0.1, 0.15) is 54.9 Å². The Morgan fingerprint density at radius 1 is 1.17 bits per heavy atom. The smallest absolute Gasteiger partial charge is 0.340 e. The Kier molecular flexibility index (Phi) is 6.40. The van der Waals surface area contributed by atoms with E-state index in [9.17, 15) is 14.0 Å². The molecule has 1 aromatic carbocycles. The summed E-state index contributed by atoms with van der Waals surface area (Å²) in [7, 11) is 0. The van der Waals surface area contributed by atoms with E-state index in [2.05, 4.69) is 19.2 Å². The molecule has 1 aliphatic rings. The van der Waals surface area contributed by atoms with Crippen molar-refractivity contribution in [3.05, 3.63) is 53.1 Å². The summed E-state index contributed by atoms with van der Waals surface area (Å²) < 4.78 is 20.3. The standard InChI is InChI=1S/C23H29FN2O3/c1-14-6-5-7-21(16(14)3)25-22(27)13-29-23(28)20-12-15(2)26(17(20)4)19-10-8-18(24)9-11-19/h8-12,14,16,21H,5-7,13H2,1-4H3,(H,25,27)/t14-,16+,21-/m1/s1. The Morgan fingerprint density at radius 2 is 1.86 bits per heavy atom. The second kappa shape index (κ2) is 8.80. The lowest BCUT2D eigenvalue weighted by Gasteiger charge is -2.34. The van der Waals surface area contributed by atoms with Gasteiger partial charge in [0.05, 0.1) is 5.56 Å². The molecule has 1 N–H and O–H groups in total. The number of amides is 1. The summed E-state index contributed by atoms with van der Waals surface area (Å²) in [6, 6.07) is 7.93. The van der Waals surface area contributed by atoms with E-state index in [1.54, 1.807) is 25.1 Å². The molecule has 0 bridgehead atoms. The van der Waals surface area contributed by atoms with E-state index in [0.29, 0.717) is 23.1 Å². The summed E-state index contributed by atoms with van der Waals surface area (Å²) in [5, 5.41) is 3.01. The van der Waals surface area contributed by atoms with Gasteiger partial charge in [-0.05, 0) is 62.4 Å². The molecule has 1 aliphatic carbocycles. The first-order valence-electron chi connectivity index (χ1n) is 10.2. The van der Waals surface area contributed by atoms with Crippen molar-refractivity contribution >= 4 is 11.9 Å². The van der Waals surface area contributed by atoms with Crippen molar-refractivity contribution < 1.29 is 18.7 Å². The van der Waals surface area contributed by atoms with Crippen LogP contribution in [0.25, 0.3) is 5.69 Å². The van der Waals surface area contributed by atoms with Crippen molar-refractivity contribution in [2.45, 2.75) is 53.0 Å². The molecule has 156 valence electrons. The molecule has 0 saturated heterocycles. The molecule has 6 heteroatoms. The predicted molar refractivity (Wildman–Crippen MR) is 110 cm³/mol. The lowest BCUT2D eigenvalue weighted by atomic mass is 9.78. The van der Waals surface area contributed by atoms with Crippen LogP contribution < -0.4 is 5.32 Å². The molecule has 1 amide bonds. The average Bonchev–Trinajstić information content (AvgIpc) is 2.99. The van der Waals surface area contributed by atoms with Gasteiger partial charge in [-0.15, -0.1) is 0 Å². The van der Waals surface area contributed by atoms with Crippen LogP contribution in [0.5, 0.6) is 0 Å². The highest BCUT2D eigenvalue weighted by molar-refractivity contribution is 5.93. The number of nitrogens with zero attached hydrogens (tertiary/aromatic N) is 1. The summed E-state index contributed by atoms with van der Waals surface area (Å²) in [5.41, 5.74) is 2.68. The van der Waals surface area contributed by atoms with Gasteiger partial charge in [-0.25, -0.2) is 9.18 Å². The van der Waals surface area contributed by atoms with E-state index >= 15 is 0 Å². The van der Waals surface area contributed by atoms with E-state index < -0.39 is 5.97 Å². The normalized spacial score (nSPS) is 21.6. The van der Waals surface area contributed by atoms with Crippen LogP contribution in [-0.2, 0) is 9.53 Å². The maximum Gasteiger partial charge on any atom is 0.340 e. The second-order valence-corrected chi connectivity index (χ2v) is 8.11. The van der Waals surface area contributed by atoms with Crippen molar-refractivity contribution in [1.82, 2.24) is 9.88 Å². The molecule has 0 aliphatic heterocycles. The summed E-state index contributed by atoms with van der Waals surface area (Å²) in [6.45, 7) is 7.74. The summed E-state index contributed by atoms with van der Waals surface area (Å²) >= 11 is 0. The van der Waals surface area contributed by atoms with E-state index in [1.165, 1.54) is 18.6 Å². The Bertz CT molecular complexity index is 888. The molecule has 3 atom stereocenters. The zero-order valence-corrected chi connectivity index (χ0v) is 17.5. The third-order valence-electron chi connectivity index (χ3n) is 6.12. The number of benzene rings is 1. The molecule has 0 radical (unpaired) electrons. The van der Waals surface area contributed by atoms with Crippen LogP contribution in [0.3, 0.4) is 0 Å². The van der Waals surface area contributed by atoms with Gasteiger partial charge in [0.15, 0.2) is 6.61 Å². The molecule has 29 heavy (non-hydrogen) atoms. The van der Waals surface area contributed by atoms with Gasteiger partial charge < -0.3 is 14.6 Å². The van der Waals surface area contributed by atoms with Crippen molar-refractivity contribution in [3.63, 3.8) is 0 Å². The van der Waals surface area contributed by atoms with Crippen LogP contribution in [0.15, 0.2) is 30.3 Å². The summed E-state index contributed by atoms with van der Waals surface area (Å²) in [4.78, 5) is 24.8. The van der Waals surface area contributed by atoms with Crippen molar-refractivity contribution in [1.29, 1.82) is 0 Å². The first-order valence-corrected chi connectivity index (χ1v) is 10.2. The molecular formula is C23H29FN2O3. The number of aromatic nitrogens is 1. The van der Waals surface area contributed by atoms with Gasteiger partial charge in [0.2, 0.25) is 0 Å². The van der Waals surface area contributed by atoms with Crippen LogP contribution >= 0.6 is 0 Å². The minimum atomic E-state index is -0.535. The quantitative estimate of drug-likeness (QED) is 0.760. The molecule has 0 spiro atoms. The topological polar surface area (TPSA) is 60.3 Å². The second-order valence-electron chi connectivity index (χ2n) is 8.11. The molecule has 1 heterocycles. The minimum absolute atomic E-state index is 0.133. The van der Waals surface area contributed by atoms with Gasteiger partial charge in [-0.1, -0.05) is 26.7 Å². The Balaban J connectivity index is 1.63. The number of hydrogen-bond acceptors (Lipinski definition) is 3. The van der Waals surface area contributed by atoms with Gasteiger partial charge in [-0.2, -0.15) is 0 Å². The third-order valence-corrected chi connectivity index (χ3v) is 6.12. The van der Waals surface area contributed by atoms with Crippen LogP contribution in [-0.4, -0.2) is 29.1 Å². The van der Waals surface area contributed by atoms with E-state index in [0.717, 1.165) is 24.2 Å². The van der Waals surface area contributed by atoms with Crippen molar-refractivity contribution in [2.75, 3.05) is 6.61 Å². The Hall–Kier alpha value is -2.63. The molecular weight excluding hydrogens is 371 g/mol. The average molecular weight is 400 g/mol. The molecule has 1 aromatic heterocycles.